The number of piperidine rings is 1. The lowest BCUT2D eigenvalue weighted by Crippen LogP contribution is -2.46. The summed E-state index contributed by atoms with van der Waals surface area (Å²) in [6.45, 7) is 4.14. The molecule has 2 amide bonds. The molecule has 2 N–H and O–H groups in total. The number of halogens is 1. The van der Waals surface area contributed by atoms with Crippen LogP contribution in [0, 0.1) is 11.8 Å². The average molecular weight is 469 g/mol. The van der Waals surface area contributed by atoms with E-state index in [1.165, 1.54) is 0 Å². The van der Waals surface area contributed by atoms with Crippen molar-refractivity contribution in [2.45, 2.75) is 51.5 Å². The first-order valence-corrected chi connectivity index (χ1v) is 12.5. The van der Waals surface area contributed by atoms with Crippen LogP contribution in [-0.4, -0.2) is 42.5 Å². The molecular formula is C26H33ClN4O2. The first kappa shape index (κ1) is 23.6. The van der Waals surface area contributed by atoms with Crippen LogP contribution in [-0.2, 0) is 9.59 Å². The summed E-state index contributed by atoms with van der Waals surface area (Å²) < 4.78 is 0. The molecule has 0 spiro atoms. The van der Waals surface area contributed by atoms with Crippen molar-refractivity contribution in [3.8, 4) is 11.1 Å². The zero-order chi connectivity index (χ0) is 23.2. The van der Waals surface area contributed by atoms with Gasteiger partial charge < -0.3 is 15.5 Å². The zero-order valence-corrected chi connectivity index (χ0v) is 20.0. The number of rotatable bonds is 6. The van der Waals surface area contributed by atoms with Crippen molar-refractivity contribution in [3.63, 3.8) is 0 Å². The summed E-state index contributed by atoms with van der Waals surface area (Å²) in [5, 5.41) is 6.78. The molecule has 1 saturated carbocycles. The third kappa shape index (κ3) is 5.85. The zero-order valence-electron chi connectivity index (χ0n) is 19.2. The Kier molecular flexibility index (Phi) is 7.86. The minimum absolute atomic E-state index is 0.00132. The number of anilines is 1. The molecule has 6 nitrogen and oxygen atoms in total. The van der Waals surface area contributed by atoms with Gasteiger partial charge in [-0.05, 0) is 50.7 Å². The third-order valence-electron chi connectivity index (χ3n) is 6.83. The highest BCUT2D eigenvalue weighted by Crippen LogP contribution is 2.33. The van der Waals surface area contributed by atoms with Gasteiger partial charge in [0.05, 0.1) is 5.02 Å². The molecule has 1 aromatic carbocycles. The van der Waals surface area contributed by atoms with E-state index in [9.17, 15) is 9.59 Å². The van der Waals surface area contributed by atoms with Gasteiger partial charge in [-0.15, -0.1) is 0 Å². The van der Waals surface area contributed by atoms with Crippen LogP contribution in [0.2, 0.25) is 5.02 Å². The van der Waals surface area contributed by atoms with E-state index in [4.69, 9.17) is 11.6 Å². The van der Waals surface area contributed by atoms with Crippen LogP contribution >= 0.6 is 11.6 Å². The second kappa shape index (κ2) is 11.0. The van der Waals surface area contributed by atoms with Crippen LogP contribution in [0.1, 0.15) is 45.4 Å². The van der Waals surface area contributed by atoms with Crippen LogP contribution in [0.25, 0.3) is 11.1 Å². The highest BCUT2D eigenvalue weighted by Gasteiger charge is 2.31. The van der Waals surface area contributed by atoms with Crippen LogP contribution < -0.4 is 15.5 Å². The van der Waals surface area contributed by atoms with Crippen LogP contribution in [0.4, 0.5) is 5.82 Å². The topological polar surface area (TPSA) is 74.3 Å². The van der Waals surface area contributed by atoms with Gasteiger partial charge in [0.15, 0.2) is 0 Å². The molecule has 4 rings (SSSR count). The van der Waals surface area contributed by atoms with Gasteiger partial charge in [0.25, 0.3) is 0 Å². The number of nitrogens with one attached hydrogen (secondary N) is 2. The summed E-state index contributed by atoms with van der Waals surface area (Å²) in [6.07, 6.45) is 6.86. The number of aromatic nitrogens is 1. The van der Waals surface area contributed by atoms with Crippen molar-refractivity contribution < 1.29 is 9.59 Å². The molecule has 7 heteroatoms. The Bertz CT molecular complexity index is 960. The molecule has 1 saturated heterocycles. The second-order valence-electron chi connectivity index (χ2n) is 9.12. The van der Waals surface area contributed by atoms with E-state index in [0.717, 1.165) is 68.6 Å². The highest BCUT2D eigenvalue weighted by molar-refractivity contribution is 6.30. The van der Waals surface area contributed by atoms with Crippen molar-refractivity contribution in [2.75, 3.05) is 24.5 Å². The number of amides is 2. The first-order valence-electron chi connectivity index (χ1n) is 12.1. The van der Waals surface area contributed by atoms with Crippen LogP contribution in [0.5, 0.6) is 0 Å². The Labute approximate surface area is 201 Å². The standard InChI is InChI=1S/C26H33ClN4O2/c1-2-28-25(32)20-9-6-10-22(15-20)30-26(33)19-11-13-31(14-12-19)24-23(16-21(27)17-29-24)18-7-4-3-5-8-18/h3-5,7-8,16-17,19-20,22H,2,6,9-15H2,1H3,(H,28,32)(H,30,33)/t20-,22-/m0/s1. The molecule has 0 unspecified atom stereocenters. The quantitative estimate of drug-likeness (QED) is 0.657. The maximum Gasteiger partial charge on any atom is 0.223 e. The van der Waals surface area contributed by atoms with Crippen molar-refractivity contribution in [1.29, 1.82) is 0 Å². The van der Waals surface area contributed by atoms with Crippen molar-refractivity contribution in [2.24, 2.45) is 11.8 Å². The molecule has 2 heterocycles. The predicted molar refractivity (Wildman–Crippen MR) is 132 cm³/mol. The summed E-state index contributed by atoms with van der Waals surface area (Å²) in [7, 11) is 0. The molecule has 1 aliphatic heterocycles. The van der Waals surface area contributed by atoms with E-state index in [0.29, 0.717) is 11.6 Å². The molecular weight excluding hydrogens is 436 g/mol. The maximum atomic E-state index is 13.0. The van der Waals surface area contributed by atoms with Gasteiger partial charge in [-0.3, -0.25) is 9.59 Å². The van der Waals surface area contributed by atoms with E-state index in [-0.39, 0.29) is 29.7 Å². The van der Waals surface area contributed by atoms with Gasteiger partial charge in [0, 0.05) is 49.3 Å². The van der Waals surface area contributed by atoms with Crippen LogP contribution in [0.3, 0.4) is 0 Å². The third-order valence-corrected chi connectivity index (χ3v) is 7.03. The molecule has 2 aromatic rings. The Balaban J connectivity index is 1.35. The van der Waals surface area contributed by atoms with E-state index in [1.807, 2.05) is 31.2 Å². The fourth-order valence-electron chi connectivity index (χ4n) is 5.06. The Morgan fingerprint density at radius 1 is 1.06 bits per heavy atom. The smallest absolute Gasteiger partial charge is 0.223 e. The number of benzene rings is 1. The maximum absolute atomic E-state index is 13.0. The molecule has 0 radical (unpaired) electrons. The number of hydrogen-bond donors (Lipinski definition) is 2. The summed E-state index contributed by atoms with van der Waals surface area (Å²) in [5.41, 5.74) is 2.10. The van der Waals surface area contributed by atoms with Gasteiger partial charge in [-0.2, -0.15) is 0 Å². The minimum atomic E-state index is -0.00132. The highest BCUT2D eigenvalue weighted by atomic mass is 35.5. The SMILES string of the molecule is CCNC(=O)[C@H]1CCC[C@H](NC(=O)C2CCN(c3ncc(Cl)cc3-c3ccccc3)CC2)C1. The fraction of sp³-hybridized carbons (Fsp3) is 0.500. The summed E-state index contributed by atoms with van der Waals surface area (Å²) in [4.78, 5) is 32.1. The fourth-order valence-corrected chi connectivity index (χ4v) is 5.22. The lowest BCUT2D eigenvalue weighted by Gasteiger charge is -2.35. The molecule has 1 aromatic heterocycles. The average Bonchev–Trinajstić information content (AvgIpc) is 2.85. The van der Waals surface area contributed by atoms with Crippen molar-refractivity contribution in [1.82, 2.24) is 15.6 Å². The second-order valence-corrected chi connectivity index (χ2v) is 9.55. The van der Waals surface area contributed by atoms with E-state index in [1.54, 1.807) is 6.20 Å². The number of pyridine rings is 1. The van der Waals surface area contributed by atoms with Gasteiger partial charge in [-0.25, -0.2) is 4.98 Å². The van der Waals surface area contributed by atoms with Gasteiger partial charge in [-0.1, -0.05) is 48.4 Å². The molecule has 2 aliphatic rings. The lowest BCUT2D eigenvalue weighted by molar-refractivity contribution is -0.129. The number of carbonyl (C=O) groups is 2. The largest absolute Gasteiger partial charge is 0.356 e. The molecule has 2 atom stereocenters. The Morgan fingerprint density at radius 2 is 1.82 bits per heavy atom. The monoisotopic (exact) mass is 468 g/mol. The molecule has 1 aliphatic carbocycles. The number of nitrogens with zero attached hydrogens (tertiary/aromatic N) is 2. The van der Waals surface area contributed by atoms with E-state index in [2.05, 4.69) is 32.7 Å². The molecule has 176 valence electrons. The molecule has 33 heavy (non-hydrogen) atoms. The Hall–Kier alpha value is -2.60. The van der Waals surface area contributed by atoms with Gasteiger partial charge >= 0.3 is 0 Å². The minimum Gasteiger partial charge on any atom is -0.356 e. The summed E-state index contributed by atoms with van der Waals surface area (Å²) in [5.74, 6) is 1.18. The van der Waals surface area contributed by atoms with E-state index < -0.39 is 0 Å². The van der Waals surface area contributed by atoms with Crippen molar-refractivity contribution >= 4 is 29.2 Å². The number of carbonyl (C=O) groups excluding carboxylic acids is 2. The normalized spacial score (nSPS) is 21.5. The number of hydrogen-bond acceptors (Lipinski definition) is 4. The predicted octanol–water partition coefficient (Wildman–Crippen LogP) is 4.43. The summed E-state index contributed by atoms with van der Waals surface area (Å²) >= 11 is 6.25. The van der Waals surface area contributed by atoms with Crippen molar-refractivity contribution in [3.05, 3.63) is 47.6 Å². The van der Waals surface area contributed by atoms with Gasteiger partial charge in [0.1, 0.15) is 5.82 Å². The van der Waals surface area contributed by atoms with E-state index >= 15 is 0 Å². The van der Waals surface area contributed by atoms with Gasteiger partial charge in [0.2, 0.25) is 11.8 Å². The van der Waals surface area contributed by atoms with Crippen LogP contribution in [0.15, 0.2) is 42.6 Å². The molecule has 0 bridgehead atoms. The molecule has 2 fully saturated rings. The Morgan fingerprint density at radius 3 is 2.55 bits per heavy atom. The lowest BCUT2D eigenvalue weighted by atomic mass is 9.84. The summed E-state index contributed by atoms with van der Waals surface area (Å²) in [6, 6.07) is 12.2. The first-order chi connectivity index (χ1) is 16.0.